The molecule has 14 heavy (non-hydrogen) atoms. The zero-order chi connectivity index (χ0) is 10.4. The summed E-state index contributed by atoms with van der Waals surface area (Å²) in [7, 11) is 1.64. The number of hydrogen-bond acceptors (Lipinski definition) is 3. The molecular weight excluding hydrogens is 194 g/mol. The maximum Gasteiger partial charge on any atom is 0.128 e. The Morgan fingerprint density at radius 3 is 2.71 bits per heavy atom. The van der Waals surface area contributed by atoms with Crippen molar-refractivity contribution in [2.24, 2.45) is 4.99 Å². The predicted molar refractivity (Wildman–Crippen MR) is 64.1 cm³/mol. The van der Waals surface area contributed by atoms with Gasteiger partial charge in [0.05, 0.1) is 12.8 Å². The predicted octanol–water partition coefficient (Wildman–Crippen LogP) is 3.01. The Labute approximate surface area is 89.7 Å². The highest BCUT2D eigenvalue weighted by Gasteiger charge is 2.04. The van der Waals surface area contributed by atoms with Crippen LogP contribution in [-0.4, -0.2) is 13.3 Å². The summed E-state index contributed by atoms with van der Waals surface area (Å²) in [5.74, 6) is 0.804. The molecule has 1 aromatic rings. The first-order chi connectivity index (χ1) is 6.83. The quantitative estimate of drug-likeness (QED) is 0.597. The smallest absolute Gasteiger partial charge is 0.128 e. The molecule has 0 saturated carbocycles. The first kappa shape index (κ1) is 10.9. The second kappa shape index (κ2) is 5.50. The van der Waals surface area contributed by atoms with Gasteiger partial charge in [0.15, 0.2) is 0 Å². The van der Waals surface area contributed by atoms with Crippen LogP contribution in [0, 0.1) is 0 Å². The van der Waals surface area contributed by atoms with Crippen LogP contribution in [0.25, 0.3) is 5.70 Å². The summed E-state index contributed by atoms with van der Waals surface area (Å²) in [5.41, 5.74) is 1.75. The van der Waals surface area contributed by atoms with Crippen molar-refractivity contribution in [3.05, 3.63) is 35.2 Å². The Balaban J connectivity index is 3.16. The number of aliphatic imine (C=N–C) groups is 1. The largest absolute Gasteiger partial charge is 0.496 e. The zero-order valence-electron chi connectivity index (χ0n) is 8.27. The summed E-state index contributed by atoms with van der Waals surface area (Å²) in [6.07, 6.45) is 1.73. The number of hydrogen-bond donors (Lipinski definition) is 1. The first-order valence-corrected chi connectivity index (χ1v) is 4.81. The number of methoxy groups -OCH3 is 1. The van der Waals surface area contributed by atoms with E-state index in [2.05, 4.69) is 17.6 Å². The molecule has 2 nitrogen and oxygen atoms in total. The van der Waals surface area contributed by atoms with Crippen LogP contribution in [0.15, 0.2) is 34.7 Å². The molecule has 0 fully saturated rings. The van der Waals surface area contributed by atoms with Crippen LogP contribution in [0.4, 0.5) is 0 Å². The van der Waals surface area contributed by atoms with Gasteiger partial charge in [-0.05, 0) is 24.5 Å². The fourth-order valence-corrected chi connectivity index (χ4v) is 1.37. The van der Waals surface area contributed by atoms with Crippen molar-refractivity contribution in [1.82, 2.24) is 0 Å². The average Bonchev–Trinajstić information content (AvgIpc) is 2.26. The summed E-state index contributed by atoms with van der Waals surface area (Å²) in [4.78, 5) is 4.20. The number of ether oxygens (including phenoxy) is 1. The van der Waals surface area contributed by atoms with Crippen molar-refractivity contribution in [3.8, 4) is 5.75 Å². The molecule has 0 aromatic heterocycles. The molecule has 74 valence electrons. The van der Waals surface area contributed by atoms with E-state index in [9.17, 15) is 0 Å². The molecule has 0 radical (unpaired) electrons. The standard InChI is InChI=1S/C11H13NOS/c1-3-12-10(8-14)9-6-4-5-7-11(9)13-2/h3-8,14H,1-2H3/b10-8-,12-3?. The van der Waals surface area contributed by atoms with Gasteiger partial charge in [-0.3, -0.25) is 4.99 Å². The second-order valence-corrected chi connectivity index (χ2v) is 2.86. The Bertz CT molecular complexity index is 358. The number of para-hydroxylation sites is 1. The summed E-state index contributed by atoms with van der Waals surface area (Å²) in [5, 5.41) is 1.66. The molecule has 0 spiro atoms. The molecule has 3 heteroatoms. The van der Waals surface area contributed by atoms with Crippen molar-refractivity contribution in [2.45, 2.75) is 6.92 Å². The van der Waals surface area contributed by atoms with Crippen molar-refractivity contribution in [2.75, 3.05) is 7.11 Å². The number of thiol groups is 1. The van der Waals surface area contributed by atoms with Gasteiger partial charge in [0.1, 0.15) is 5.75 Å². The summed E-state index contributed by atoms with van der Waals surface area (Å²) in [6, 6.07) is 7.72. The van der Waals surface area contributed by atoms with Gasteiger partial charge in [-0.25, -0.2) is 0 Å². The average molecular weight is 207 g/mol. The van der Waals surface area contributed by atoms with Crippen LogP contribution in [0.2, 0.25) is 0 Å². The minimum absolute atomic E-state index is 0.799. The minimum atomic E-state index is 0.799. The topological polar surface area (TPSA) is 21.6 Å². The molecule has 1 aromatic carbocycles. The molecule has 0 aliphatic carbocycles. The minimum Gasteiger partial charge on any atom is -0.496 e. The number of benzene rings is 1. The lowest BCUT2D eigenvalue weighted by Crippen LogP contribution is -1.89. The third-order valence-electron chi connectivity index (χ3n) is 1.77. The highest BCUT2D eigenvalue weighted by atomic mass is 32.1. The molecule has 0 unspecified atom stereocenters. The molecule has 0 atom stereocenters. The van der Waals surface area contributed by atoms with E-state index in [1.54, 1.807) is 18.7 Å². The molecule has 0 saturated heterocycles. The zero-order valence-corrected chi connectivity index (χ0v) is 9.16. The molecule has 0 aliphatic heterocycles. The van der Waals surface area contributed by atoms with Gasteiger partial charge in [0.25, 0.3) is 0 Å². The van der Waals surface area contributed by atoms with Crippen LogP contribution in [0.5, 0.6) is 5.75 Å². The number of nitrogens with zero attached hydrogens (tertiary/aromatic N) is 1. The van der Waals surface area contributed by atoms with Gasteiger partial charge in [0.2, 0.25) is 0 Å². The fourth-order valence-electron chi connectivity index (χ4n) is 1.17. The van der Waals surface area contributed by atoms with Gasteiger partial charge in [-0.2, -0.15) is 0 Å². The van der Waals surface area contributed by atoms with E-state index in [0.29, 0.717) is 0 Å². The Morgan fingerprint density at radius 2 is 2.14 bits per heavy atom. The third-order valence-corrected chi connectivity index (χ3v) is 2.02. The van der Waals surface area contributed by atoms with E-state index < -0.39 is 0 Å². The van der Waals surface area contributed by atoms with Crippen LogP contribution in [0.3, 0.4) is 0 Å². The Kier molecular flexibility index (Phi) is 4.26. The van der Waals surface area contributed by atoms with E-state index in [4.69, 9.17) is 4.74 Å². The van der Waals surface area contributed by atoms with Crippen LogP contribution in [-0.2, 0) is 0 Å². The van der Waals surface area contributed by atoms with Crippen molar-refractivity contribution >= 4 is 24.5 Å². The SMILES string of the molecule is CC=N/C(=C\S)c1ccccc1OC. The van der Waals surface area contributed by atoms with Gasteiger partial charge in [-0.1, -0.05) is 12.1 Å². The first-order valence-electron chi connectivity index (χ1n) is 4.30. The molecule has 0 amide bonds. The van der Waals surface area contributed by atoms with Crippen LogP contribution in [0.1, 0.15) is 12.5 Å². The summed E-state index contributed by atoms with van der Waals surface area (Å²) < 4.78 is 5.23. The molecular formula is C11H13NOS. The van der Waals surface area contributed by atoms with Gasteiger partial charge in [-0.15, -0.1) is 12.6 Å². The van der Waals surface area contributed by atoms with Crippen molar-refractivity contribution < 1.29 is 4.74 Å². The summed E-state index contributed by atoms with van der Waals surface area (Å²) in [6.45, 7) is 1.87. The highest BCUT2D eigenvalue weighted by Crippen LogP contribution is 2.26. The van der Waals surface area contributed by atoms with E-state index in [-0.39, 0.29) is 0 Å². The number of rotatable bonds is 3. The lowest BCUT2D eigenvalue weighted by Gasteiger charge is -2.07. The maximum atomic E-state index is 5.23. The van der Waals surface area contributed by atoms with E-state index in [1.807, 2.05) is 31.2 Å². The van der Waals surface area contributed by atoms with E-state index in [1.165, 1.54) is 0 Å². The molecule has 0 N–H and O–H groups in total. The van der Waals surface area contributed by atoms with Gasteiger partial charge >= 0.3 is 0 Å². The van der Waals surface area contributed by atoms with Crippen LogP contribution >= 0.6 is 12.6 Å². The van der Waals surface area contributed by atoms with Crippen molar-refractivity contribution in [1.29, 1.82) is 0 Å². The van der Waals surface area contributed by atoms with Crippen molar-refractivity contribution in [3.63, 3.8) is 0 Å². The normalized spacial score (nSPS) is 12.1. The summed E-state index contributed by atoms with van der Waals surface area (Å²) >= 11 is 4.12. The van der Waals surface area contributed by atoms with Crippen LogP contribution < -0.4 is 4.74 Å². The molecule has 1 rings (SSSR count). The molecule has 0 heterocycles. The monoisotopic (exact) mass is 207 g/mol. The second-order valence-electron chi connectivity index (χ2n) is 2.60. The molecule has 0 bridgehead atoms. The lowest BCUT2D eigenvalue weighted by atomic mass is 10.1. The highest BCUT2D eigenvalue weighted by molar-refractivity contribution is 7.83. The third kappa shape index (κ3) is 2.39. The van der Waals surface area contributed by atoms with E-state index >= 15 is 0 Å². The Hall–Kier alpha value is -1.22. The lowest BCUT2D eigenvalue weighted by molar-refractivity contribution is 0.413. The maximum absolute atomic E-state index is 5.23. The van der Waals surface area contributed by atoms with E-state index in [0.717, 1.165) is 17.0 Å². The van der Waals surface area contributed by atoms with Gasteiger partial charge in [0, 0.05) is 11.8 Å². The molecule has 0 aliphatic rings. The Morgan fingerprint density at radius 1 is 1.43 bits per heavy atom. The fraction of sp³-hybridized carbons (Fsp3) is 0.182. The van der Waals surface area contributed by atoms with Gasteiger partial charge < -0.3 is 4.74 Å².